The van der Waals surface area contributed by atoms with Crippen molar-refractivity contribution >= 4 is 0 Å². The largest absolute Gasteiger partial charge is 0.390 e. The standard InChI is InChI=1S/C15H19N3O2/c19-13-6-12(10-4-2-1-3-5-10)14(15(13)20)17-8-11-7-16-9-18-11/h1-5,7,9,12-15,17,19-20H,6,8H2,(H,16,18)/t12-,13-,14-,15-/m1/s1. The van der Waals surface area contributed by atoms with Crippen LogP contribution < -0.4 is 5.32 Å². The first-order valence-corrected chi connectivity index (χ1v) is 6.87. The van der Waals surface area contributed by atoms with Gasteiger partial charge < -0.3 is 20.5 Å². The summed E-state index contributed by atoms with van der Waals surface area (Å²) in [5.74, 6) is 0.115. The number of benzene rings is 1. The number of aliphatic hydroxyl groups excluding tert-OH is 2. The third kappa shape index (κ3) is 2.60. The molecule has 0 amide bonds. The smallest absolute Gasteiger partial charge is 0.0957 e. The van der Waals surface area contributed by atoms with Gasteiger partial charge in [-0.05, 0) is 12.0 Å². The molecule has 2 aromatic rings. The van der Waals surface area contributed by atoms with Gasteiger partial charge in [0.05, 0.1) is 18.5 Å². The minimum absolute atomic E-state index is 0.115. The van der Waals surface area contributed by atoms with E-state index in [9.17, 15) is 10.2 Å². The van der Waals surface area contributed by atoms with E-state index in [2.05, 4.69) is 15.3 Å². The second kappa shape index (κ2) is 5.75. The van der Waals surface area contributed by atoms with E-state index < -0.39 is 12.2 Å². The van der Waals surface area contributed by atoms with Gasteiger partial charge >= 0.3 is 0 Å². The van der Waals surface area contributed by atoms with Gasteiger partial charge in [0.1, 0.15) is 0 Å². The zero-order valence-corrected chi connectivity index (χ0v) is 11.1. The van der Waals surface area contributed by atoms with E-state index in [1.807, 2.05) is 30.3 Å². The highest BCUT2D eigenvalue weighted by Gasteiger charge is 2.41. The lowest BCUT2D eigenvalue weighted by Gasteiger charge is -2.23. The topological polar surface area (TPSA) is 81.2 Å². The summed E-state index contributed by atoms with van der Waals surface area (Å²) >= 11 is 0. The second-order valence-electron chi connectivity index (χ2n) is 5.29. The number of H-pyrrole nitrogens is 1. The molecule has 0 spiro atoms. The van der Waals surface area contributed by atoms with Crippen molar-refractivity contribution in [3.8, 4) is 0 Å². The molecular formula is C15H19N3O2. The van der Waals surface area contributed by atoms with Gasteiger partial charge in [0.2, 0.25) is 0 Å². The summed E-state index contributed by atoms with van der Waals surface area (Å²) < 4.78 is 0. The molecule has 3 rings (SSSR count). The quantitative estimate of drug-likeness (QED) is 0.663. The highest BCUT2D eigenvalue weighted by molar-refractivity contribution is 5.24. The van der Waals surface area contributed by atoms with E-state index in [1.165, 1.54) is 0 Å². The molecule has 4 N–H and O–H groups in total. The predicted molar refractivity (Wildman–Crippen MR) is 75.0 cm³/mol. The molecule has 5 nitrogen and oxygen atoms in total. The molecule has 1 fully saturated rings. The van der Waals surface area contributed by atoms with Gasteiger partial charge in [-0.2, -0.15) is 0 Å². The number of nitrogens with zero attached hydrogens (tertiary/aromatic N) is 1. The fraction of sp³-hybridized carbons (Fsp3) is 0.400. The summed E-state index contributed by atoms with van der Waals surface area (Å²) in [6, 6.07) is 9.87. The van der Waals surface area contributed by atoms with E-state index in [-0.39, 0.29) is 12.0 Å². The number of imidazole rings is 1. The van der Waals surface area contributed by atoms with Crippen molar-refractivity contribution in [1.82, 2.24) is 15.3 Å². The molecule has 106 valence electrons. The first-order valence-electron chi connectivity index (χ1n) is 6.87. The zero-order chi connectivity index (χ0) is 13.9. The molecule has 20 heavy (non-hydrogen) atoms. The van der Waals surface area contributed by atoms with Crippen LogP contribution in [0.4, 0.5) is 0 Å². The van der Waals surface area contributed by atoms with E-state index in [4.69, 9.17) is 0 Å². The van der Waals surface area contributed by atoms with Gasteiger partial charge in [0.25, 0.3) is 0 Å². The molecule has 0 bridgehead atoms. The number of hydrogen-bond donors (Lipinski definition) is 4. The number of rotatable bonds is 4. The van der Waals surface area contributed by atoms with Crippen LogP contribution in [0.3, 0.4) is 0 Å². The van der Waals surface area contributed by atoms with Crippen molar-refractivity contribution in [3.05, 3.63) is 54.1 Å². The van der Waals surface area contributed by atoms with Crippen LogP contribution in [0.15, 0.2) is 42.9 Å². The van der Waals surface area contributed by atoms with Gasteiger partial charge in [-0.3, -0.25) is 0 Å². The second-order valence-corrected chi connectivity index (χ2v) is 5.29. The van der Waals surface area contributed by atoms with E-state index in [1.54, 1.807) is 12.5 Å². The minimum atomic E-state index is -0.747. The van der Waals surface area contributed by atoms with Crippen molar-refractivity contribution in [2.24, 2.45) is 0 Å². The average molecular weight is 273 g/mol. The van der Waals surface area contributed by atoms with Crippen LogP contribution in [0.2, 0.25) is 0 Å². The van der Waals surface area contributed by atoms with Gasteiger partial charge in [0.15, 0.2) is 0 Å². The number of nitrogens with one attached hydrogen (secondary N) is 2. The maximum absolute atomic E-state index is 10.2. The Labute approximate surface area is 117 Å². The highest BCUT2D eigenvalue weighted by atomic mass is 16.3. The first kappa shape index (κ1) is 13.3. The van der Waals surface area contributed by atoms with E-state index >= 15 is 0 Å². The Hall–Kier alpha value is -1.69. The summed E-state index contributed by atoms with van der Waals surface area (Å²) in [5, 5.41) is 23.5. The van der Waals surface area contributed by atoms with Crippen LogP contribution >= 0.6 is 0 Å². The zero-order valence-electron chi connectivity index (χ0n) is 11.1. The van der Waals surface area contributed by atoms with Gasteiger partial charge in [-0.25, -0.2) is 4.98 Å². The van der Waals surface area contributed by atoms with Gasteiger partial charge in [-0.1, -0.05) is 30.3 Å². The molecule has 0 radical (unpaired) electrons. The first-order chi connectivity index (χ1) is 9.75. The predicted octanol–water partition coefficient (Wildman–Crippen LogP) is 0.777. The van der Waals surface area contributed by atoms with Crippen molar-refractivity contribution in [2.45, 2.75) is 37.1 Å². The van der Waals surface area contributed by atoms with Crippen LogP contribution in [0, 0.1) is 0 Å². The maximum Gasteiger partial charge on any atom is 0.0957 e. The van der Waals surface area contributed by atoms with Crippen LogP contribution in [-0.4, -0.2) is 38.4 Å². The van der Waals surface area contributed by atoms with Gasteiger partial charge in [-0.15, -0.1) is 0 Å². The summed E-state index contributed by atoms with van der Waals surface area (Å²) in [6.45, 7) is 0.595. The monoisotopic (exact) mass is 273 g/mol. The molecule has 1 aliphatic rings. The van der Waals surface area contributed by atoms with Crippen molar-refractivity contribution < 1.29 is 10.2 Å². The summed E-state index contributed by atoms with van der Waals surface area (Å²) in [6.07, 6.45) is 2.53. The van der Waals surface area contributed by atoms with Crippen molar-refractivity contribution in [3.63, 3.8) is 0 Å². The molecule has 0 saturated heterocycles. The van der Waals surface area contributed by atoms with Gasteiger partial charge in [0, 0.05) is 30.4 Å². The molecule has 1 heterocycles. The Morgan fingerprint density at radius 3 is 2.75 bits per heavy atom. The van der Waals surface area contributed by atoms with Crippen LogP contribution in [0.1, 0.15) is 23.6 Å². The molecule has 1 saturated carbocycles. The Morgan fingerprint density at radius 2 is 2.05 bits per heavy atom. The lowest BCUT2D eigenvalue weighted by molar-refractivity contribution is 0.0297. The Balaban J connectivity index is 1.74. The van der Waals surface area contributed by atoms with E-state index in [0.717, 1.165) is 11.3 Å². The van der Waals surface area contributed by atoms with Crippen molar-refractivity contribution in [2.75, 3.05) is 0 Å². The third-order valence-corrected chi connectivity index (χ3v) is 4.00. The number of aliphatic hydroxyl groups is 2. The van der Waals surface area contributed by atoms with E-state index in [0.29, 0.717) is 13.0 Å². The molecule has 1 aliphatic carbocycles. The van der Waals surface area contributed by atoms with Crippen LogP contribution in [-0.2, 0) is 6.54 Å². The average Bonchev–Trinajstić information content (AvgIpc) is 3.08. The fourth-order valence-corrected chi connectivity index (χ4v) is 2.94. The molecular weight excluding hydrogens is 254 g/mol. The summed E-state index contributed by atoms with van der Waals surface area (Å²) in [4.78, 5) is 7.00. The summed E-state index contributed by atoms with van der Waals surface area (Å²) in [7, 11) is 0. The highest BCUT2D eigenvalue weighted by Crippen LogP contribution is 2.35. The molecule has 1 aromatic carbocycles. The molecule has 4 atom stereocenters. The Morgan fingerprint density at radius 1 is 1.25 bits per heavy atom. The number of aromatic amines is 1. The molecule has 1 aromatic heterocycles. The van der Waals surface area contributed by atoms with Crippen LogP contribution in [0.25, 0.3) is 0 Å². The molecule has 5 heteroatoms. The Bertz CT molecular complexity index is 529. The van der Waals surface area contributed by atoms with Crippen LogP contribution in [0.5, 0.6) is 0 Å². The minimum Gasteiger partial charge on any atom is -0.390 e. The normalized spacial score (nSPS) is 29.7. The number of aromatic nitrogens is 2. The maximum atomic E-state index is 10.2. The SMILES string of the molecule is O[C@H]1[C@H](NCc2cnc[nH]2)[C@@H](c2ccccc2)C[C@H]1O. The third-order valence-electron chi connectivity index (χ3n) is 4.00. The molecule has 0 aliphatic heterocycles. The lowest BCUT2D eigenvalue weighted by atomic mass is 9.93. The Kier molecular flexibility index (Phi) is 3.82. The lowest BCUT2D eigenvalue weighted by Crippen LogP contribution is -2.41. The molecule has 0 unspecified atom stereocenters. The summed E-state index contributed by atoms with van der Waals surface area (Å²) in [5.41, 5.74) is 2.11. The van der Waals surface area contributed by atoms with Crippen molar-refractivity contribution in [1.29, 1.82) is 0 Å². The number of hydrogen-bond acceptors (Lipinski definition) is 4. The fourth-order valence-electron chi connectivity index (χ4n) is 2.94.